The number of benzene rings is 1. The lowest BCUT2D eigenvalue weighted by molar-refractivity contribution is -0.153. The lowest BCUT2D eigenvalue weighted by Crippen LogP contribution is -2.49. The molecule has 0 spiro atoms. The SMILES string of the molecule is O=C(Nc1ccc(OCC(F)(F)F)cc1)NC1CCN(C2CCCCC2)CC1. The molecule has 0 radical (unpaired) electrons. The van der Waals surface area contributed by atoms with Crippen molar-refractivity contribution in [3.8, 4) is 5.75 Å². The van der Waals surface area contributed by atoms with E-state index < -0.39 is 12.8 Å². The van der Waals surface area contributed by atoms with Crippen LogP contribution in [0, 0.1) is 0 Å². The van der Waals surface area contributed by atoms with Crippen LogP contribution in [0.2, 0.25) is 0 Å². The molecule has 156 valence electrons. The minimum Gasteiger partial charge on any atom is -0.484 e. The van der Waals surface area contributed by atoms with Crippen molar-refractivity contribution in [1.82, 2.24) is 10.2 Å². The highest BCUT2D eigenvalue weighted by molar-refractivity contribution is 5.89. The summed E-state index contributed by atoms with van der Waals surface area (Å²) in [5, 5.41) is 5.72. The van der Waals surface area contributed by atoms with Gasteiger partial charge in [-0.15, -0.1) is 0 Å². The monoisotopic (exact) mass is 399 g/mol. The highest BCUT2D eigenvalue weighted by atomic mass is 19.4. The van der Waals surface area contributed by atoms with Gasteiger partial charge in [0.05, 0.1) is 0 Å². The molecule has 0 atom stereocenters. The number of halogens is 3. The fraction of sp³-hybridized carbons (Fsp3) is 0.650. The van der Waals surface area contributed by atoms with E-state index in [1.165, 1.54) is 56.4 Å². The van der Waals surface area contributed by atoms with E-state index >= 15 is 0 Å². The maximum absolute atomic E-state index is 12.2. The number of carbonyl (C=O) groups excluding carboxylic acids is 1. The van der Waals surface area contributed by atoms with Gasteiger partial charge in [0, 0.05) is 30.9 Å². The van der Waals surface area contributed by atoms with Gasteiger partial charge in [0.15, 0.2) is 6.61 Å². The zero-order chi connectivity index (χ0) is 20.0. The smallest absolute Gasteiger partial charge is 0.422 e. The third-order valence-corrected chi connectivity index (χ3v) is 5.47. The standard InChI is InChI=1S/C20H28F3N3O2/c21-20(22,23)14-28-18-8-6-15(7-9-18)24-19(27)25-16-10-12-26(13-11-16)17-4-2-1-3-5-17/h6-9,16-17H,1-5,10-14H2,(H2,24,25,27). The molecule has 0 unspecified atom stereocenters. The van der Waals surface area contributed by atoms with Gasteiger partial charge >= 0.3 is 12.2 Å². The molecule has 1 aromatic rings. The average molecular weight is 399 g/mol. The normalized spacial score (nSPS) is 20.0. The number of alkyl halides is 3. The second-order valence-corrected chi connectivity index (χ2v) is 7.63. The van der Waals surface area contributed by atoms with E-state index in [1.807, 2.05) is 0 Å². The number of likely N-dealkylation sites (tertiary alicyclic amines) is 1. The number of anilines is 1. The number of nitrogens with zero attached hydrogens (tertiary/aromatic N) is 1. The zero-order valence-electron chi connectivity index (χ0n) is 15.9. The van der Waals surface area contributed by atoms with Gasteiger partial charge in [0.2, 0.25) is 0 Å². The first kappa shape index (κ1) is 20.8. The Balaban J connectivity index is 1.38. The van der Waals surface area contributed by atoms with E-state index in [1.54, 1.807) is 0 Å². The molecule has 1 heterocycles. The summed E-state index contributed by atoms with van der Waals surface area (Å²) in [5.41, 5.74) is 0.511. The largest absolute Gasteiger partial charge is 0.484 e. The van der Waals surface area contributed by atoms with Gasteiger partial charge in [-0.05, 0) is 49.9 Å². The van der Waals surface area contributed by atoms with E-state index in [0.717, 1.165) is 25.9 Å². The van der Waals surface area contributed by atoms with Crippen LogP contribution in [0.1, 0.15) is 44.9 Å². The Hall–Kier alpha value is -1.96. The van der Waals surface area contributed by atoms with Crippen molar-refractivity contribution in [1.29, 1.82) is 0 Å². The Bertz CT molecular complexity index is 623. The molecule has 1 saturated carbocycles. The zero-order valence-corrected chi connectivity index (χ0v) is 15.9. The number of rotatable bonds is 5. The number of hydrogen-bond acceptors (Lipinski definition) is 3. The molecule has 5 nitrogen and oxygen atoms in total. The summed E-state index contributed by atoms with van der Waals surface area (Å²) in [6, 6.07) is 6.43. The van der Waals surface area contributed by atoms with Crippen LogP contribution in [0.4, 0.5) is 23.7 Å². The Kier molecular flexibility index (Phi) is 7.04. The van der Waals surface area contributed by atoms with Crippen LogP contribution < -0.4 is 15.4 Å². The van der Waals surface area contributed by atoms with E-state index in [2.05, 4.69) is 20.3 Å². The Morgan fingerprint density at radius 1 is 1.04 bits per heavy atom. The first-order chi connectivity index (χ1) is 13.4. The van der Waals surface area contributed by atoms with Crippen molar-refractivity contribution >= 4 is 11.7 Å². The number of hydrogen-bond donors (Lipinski definition) is 2. The second kappa shape index (κ2) is 9.49. The van der Waals surface area contributed by atoms with Crippen LogP contribution in [0.3, 0.4) is 0 Å². The summed E-state index contributed by atoms with van der Waals surface area (Å²) in [6.07, 6.45) is 4.09. The van der Waals surface area contributed by atoms with Gasteiger partial charge < -0.3 is 20.3 Å². The molecule has 2 fully saturated rings. The number of piperidine rings is 1. The predicted molar refractivity (Wildman–Crippen MR) is 102 cm³/mol. The topological polar surface area (TPSA) is 53.6 Å². The molecule has 1 aliphatic heterocycles. The van der Waals surface area contributed by atoms with Crippen LogP contribution in [0.15, 0.2) is 24.3 Å². The summed E-state index contributed by atoms with van der Waals surface area (Å²) >= 11 is 0. The molecule has 0 aromatic heterocycles. The fourth-order valence-electron chi connectivity index (χ4n) is 4.01. The molecule has 2 N–H and O–H groups in total. The third-order valence-electron chi connectivity index (χ3n) is 5.47. The minimum absolute atomic E-state index is 0.110. The molecular weight excluding hydrogens is 371 g/mol. The number of urea groups is 1. The second-order valence-electron chi connectivity index (χ2n) is 7.63. The molecule has 1 saturated heterocycles. The summed E-state index contributed by atoms with van der Waals surface area (Å²) in [5.74, 6) is 0.110. The van der Waals surface area contributed by atoms with Crippen molar-refractivity contribution in [3.63, 3.8) is 0 Å². The number of nitrogens with one attached hydrogen (secondary N) is 2. The molecule has 1 aromatic carbocycles. The highest BCUT2D eigenvalue weighted by Crippen LogP contribution is 2.25. The van der Waals surface area contributed by atoms with E-state index in [-0.39, 0.29) is 17.8 Å². The van der Waals surface area contributed by atoms with Crippen LogP contribution >= 0.6 is 0 Å². The van der Waals surface area contributed by atoms with Crippen molar-refractivity contribution < 1.29 is 22.7 Å². The number of amides is 2. The lowest BCUT2D eigenvalue weighted by Gasteiger charge is -2.39. The van der Waals surface area contributed by atoms with E-state index in [0.29, 0.717) is 11.7 Å². The first-order valence-electron chi connectivity index (χ1n) is 10.0. The maximum Gasteiger partial charge on any atom is 0.422 e. The van der Waals surface area contributed by atoms with E-state index in [9.17, 15) is 18.0 Å². The fourth-order valence-corrected chi connectivity index (χ4v) is 4.01. The summed E-state index contributed by atoms with van der Waals surface area (Å²) in [6.45, 7) is 0.696. The molecule has 28 heavy (non-hydrogen) atoms. The van der Waals surface area contributed by atoms with Gasteiger partial charge in [-0.1, -0.05) is 19.3 Å². The minimum atomic E-state index is -4.37. The van der Waals surface area contributed by atoms with Gasteiger partial charge in [-0.2, -0.15) is 13.2 Å². The molecule has 8 heteroatoms. The van der Waals surface area contributed by atoms with Gasteiger partial charge in [0.1, 0.15) is 5.75 Å². The van der Waals surface area contributed by atoms with Crippen molar-refractivity contribution in [3.05, 3.63) is 24.3 Å². The summed E-state index contributed by atoms with van der Waals surface area (Å²) in [4.78, 5) is 14.8. The van der Waals surface area contributed by atoms with Gasteiger partial charge in [0.25, 0.3) is 0 Å². The van der Waals surface area contributed by atoms with Crippen LogP contribution in [0.25, 0.3) is 0 Å². The third kappa shape index (κ3) is 6.58. The molecule has 2 amide bonds. The van der Waals surface area contributed by atoms with Gasteiger partial charge in [-0.25, -0.2) is 4.79 Å². The summed E-state index contributed by atoms with van der Waals surface area (Å²) in [7, 11) is 0. The van der Waals surface area contributed by atoms with Gasteiger partial charge in [-0.3, -0.25) is 0 Å². The van der Waals surface area contributed by atoms with E-state index in [4.69, 9.17) is 0 Å². The van der Waals surface area contributed by atoms with Crippen molar-refractivity contribution in [2.75, 3.05) is 25.0 Å². The first-order valence-corrected chi connectivity index (χ1v) is 10.0. The predicted octanol–water partition coefficient (Wildman–Crippen LogP) is 4.55. The molecule has 0 bridgehead atoms. The molecular formula is C20H28F3N3O2. The average Bonchev–Trinajstić information content (AvgIpc) is 2.68. The number of carbonyl (C=O) groups is 1. The Morgan fingerprint density at radius 2 is 1.68 bits per heavy atom. The maximum atomic E-state index is 12.2. The van der Waals surface area contributed by atoms with Crippen LogP contribution in [-0.2, 0) is 0 Å². The van der Waals surface area contributed by atoms with Crippen LogP contribution in [-0.4, -0.2) is 48.9 Å². The van der Waals surface area contributed by atoms with Crippen LogP contribution in [0.5, 0.6) is 5.75 Å². The summed E-state index contributed by atoms with van der Waals surface area (Å²) < 4.78 is 41.1. The molecule has 3 rings (SSSR count). The Morgan fingerprint density at radius 3 is 2.29 bits per heavy atom. The molecule has 1 aliphatic carbocycles. The lowest BCUT2D eigenvalue weighted by atomic mass is 9.92. The number of ether oxygens (including phenoxy) is 1. The highest BCUT2D eigenvalue weighted by Gasteiger charge is 2.28. The van der Waals surface area contributed by atoms with Crippen molar-refractivity contribution in [2.45, 2.75) is 63.2 Å². The molecule has 2 aliphatic rings. The quantitative estimate of drug-likeness (QED) is 0.764. The van der Waals surface area contributed by atoms with Crippen molar-refractivity contribution in [2.24, 2.45) is 0 Å². The Labute approximate surface area is 163 Å².